The number of amides is 1. The first-order valence-electron chi connectivity index (χ1n) is 7.47. The zero-order valence-electron chi connectivity index (χ0n) is 14.4. The molecule has 0 aromatic carbocycles. The van der Waals surface area contributed by atoms with Crippen molar-refractivity contribution in [1.29, 1.82) is 0 Å². The number of aryl methyl sites for hydroxylation is 2. The average molecular weight is 365 g/mol. The van der Waals surface area contributed by atoms with Gasteiger partial charge in [0, 0.05) is 24.9 Å². The van der Waals surface area contributed by atoms with Crippen molar-refractivity contribution in [3.05, 3.63) is 34.0 Å². The number of ether oxygens (including phenoxy) is 2. The number of thiophene rings is 1. The third-order valence-electron chi connectivity index (χ3n) is 3.64. The monoisotopic (exact) mass is 365 g/mol. The summed E-state index contributed by atoms with van der Waals surface area (Å²) in [5.41, 5.74) is 1.53. The van der Waals surface area contributed by atoms with E-state index < -0.39 is 11.9 Å². The van der Waals surface area contributed by atoms with E-state index in [2.05, 4.69) is 10.4 Å². The maximum atomic E-state index is 12.2. The molecule has 0 spiro atoms. The smallest absolute Gasteiger partial charge is 0.348 e. The van der Waals surface area contributed by atoms with Gasteiger partial charge in [-0.2, -0.15) is 5.10 Å². The molecule has 0 aliphatic rings. The fourth-order valence-corrected chi connectivity index (χ4v) is 3.40. The molecule has 1 N–H and O–H groups in total. The summed E-state index contributed by atoms with van der Waals surface area (Å²) in [6.45, 7) is 3.91. The summed E-state index contributed by atoms with van der Waals surface area (Å²) in [6, 6.07) is 1.85. The van der Waals surface area contributed by atoms with Crippen LogP contribution >= 0.6 is 11.3 Å². The molecule has 0 saturated heterocycles. The summed E-state index contributed by atoms with van der Waals surface area (Å²) in [4.78, 5) is 36.3. The Morgan fingerprint density at radius 1 is 1.20 bits per heavy atom. The predicted molar refractivity (Wildman–Crippen MR) is 91.9 cm³/mol. The van der Waals surface area contributed by atoms with Gasteiger partial charge in [-0.15, -0.1) is 11.3 Å². The molecule has 2 aromatic rings. The van der Waals surface area contributed by atoms with E-state index in [0.29, 0.717) is 12.1 Å². The first-order chi connectivity index (χ1) is 11.9. The van der Waals surface area contributed by atoms with Crippen LogP contribution < -0.4 is 5.32 Å². The van der Waals surface area contributed by atoms with Gasteiger partial charge in [0.25, 0.3) is 0 Å². The van der Waals surface area contributed by atoms with Gasteiger partial charge in [0.2, 0.25) is 5.91 Å². The second-order valence-electron chi connectivity index (χ2n) is 5.24. The molecule has 25 heavy (non-hydrogen) atoms. The van der Waals surface area contributed by atoms with Gasteiger partial charge in [-0.05, 0) is 25.5 Å². The molecule has 0 aliphatic carbocycles. The number of anilines is 1. The molecule has 0 aliphatic heterocycles. The second-order valence-corrected chi connectivity index (χ2v) is 6.26. The van der Waals surface area contributed by atoms with Crippen molar-refractivity contribution in [2.24, 2.45) is 0 Å². The minimum Gasteiger partial charge on any atom is -0.465 e. The molecule has 2 aromatic heterocycles. The molecule has 0 unspecified atom stereocenters. The Morgan fingerprint density at radius 2 is 1.88 bits per heavy atom. The van der Waals surface area contributed by atoms with E-state index >= 15 is 0 Å². The Labute approximate surface area is 148 Å². The lowest BCUT2D eigenvalue weighted by atomic mass is 10.1. The van der Waals surface area contributed by atoms with Crippen molar-refractivity contribution in [1.82, 2.24) is 9.78 Å². The molecule has 0 saturated carbocycles. The van der Waals surface area contributed by atoms with E-state index in [-0.39, 0.29) is 27.8 Å². The van der Waals surface area contributed by atoms with E-state index in [0.717, 1.165) is 17.0 Å². The first kappa shape index (κ1) is 18.7. The number of carbonyl (C=O) groups is 3. The normalized spacial score (nSPS) is 10.4. The zero-order valence-corrected chi connectivity index (χ0v) is 15.2. The number of nitrogens with one attached hydrogen (secondary N) is 1. The molecule has 9 heteroatoms. The Balaban J connectivity index is 2.19. The molecule has 8 nitrogen and oxygen atoms in total. The summed E-state index contributed by atoms with van der Waals surface area (Å²) < 4.78 is 11.2. The fraction of sp³-hybridized carbons (Fsp3) is 0.375. The van der Waals surface area contributed by atoms with Crippen molar-refractivity contribution in [2.75, 3.05) is 19.5 Å². The zero-order chi connectivity index (χ0) is 18.6. The van der Waals surface area contributed by atoms with E-state index in [1.807, 2.05) is 13.0 Å². The molecular formula is C16H19N3O5S. The number of nitrogens with zero attached hydrogens (tertiary/aromatic N) is 2. The van der Waals surface area contributed by atoms with E-state index in [1.165, 1.54) is 14.2 Å². The van der Waals surface area contributed by atoms with Crippen LogP contribution in [0.1, 0.15) is 37.7 Å². The van der Waals surface area contributed by atoms with Crippen LogP contribution in [0.5, 0.6) is 0 Å². The SMILES string of the molecule is COC(=O)c1sc(NC(=O)CCn2nccc2C)c(C(=O)OC)c1C. The van der Waals surface area contributed by atoms with Crippen molar-refractivity contribution in [3.63, 3.8) is 0 Å². The van der Waals surface area contributed by atoms with E-state index in [4.69, 9.17) is 9.47 Å². The van der Waals surface area contributed by atoms with Crippen LogP contribution in [-0.4, -0.2) is 41.8 Å². The summed E-state index contributed by atoms with van der Waals surface area (Å²) in [5, 5.41) is 7.06. The maximum Gasteiger partial charge on any atom is 0.348 e. The highest BCUT2D eigenvalue weighted by Crippen LogP contribution is 2.34. The highest BCUT2D eigenvalue weighted by molar-refractivity contribution is 7.18. The number of hydrogen-bond acceptors (Lipinski definition) is 7. The van der Waals surface area contributed by atoms with Crippen LogP contribution in [0, 0.1) is 13.8 Å². The first-order valence-corrected chi connectivity index (χ1v) is 8.29. The van der Waals surface area contributed by atoms with Crippen LogP contribution in [0.3, 0.4) is 0 Å². The van der Waals surface area contributed by atoms with Crippen LogP contribution in [-0.2, 0) is 20.8 Å². The number of aromatic nitrogens is 2. The highest BCUT2D eigenvalue weighted by atomic mass is 32.1. The number of rotatable bonds is 6. The molecule has 2 rings (SSSR count). The summed E-state index contributed by atoms with van der Waals surface area (Å²) >= 11 is 0.988. The average Bonchev–Trinajstić information content (AvgIpc) is 3.14. The Bertz CT molecular complexity index is 809. The minimum atomic E-state index is -0.623. The molecule has 134 valence electrons. The maximum absolute atomic E-state index is 12.2. The summed E-state index contributed by atoms with van der Waals surface area (Å²) in [7, 11) is 2.49. The highest BCUT2D eigenvalue weighted by Gasteiger charge is 2.26. The van der Waals surface area contributed by atoms with Gasteiger partial charge in [0.05, 0.1) is 19.8 Å². The van der Waals surface area contributed by atoms with Crippen LogP contribution in [0.25, 0.3) is 0 Å². The van der Waals surface area contributed by atoms with Crippen LogP contribution in [0.2, 0.25) is 0 Å². The quantitative estimate of drug-likeness (QED) is 0.788. The lowest BCUT2D eigenvalue weighted by Crippen LogP contribution is -2.17. The fourth-order valence-electron chi connectivity index (χ4n) is 2.27. The van der Waals surface area contributed by atoms with Crippen LogP contribution in [0.4, 0.5) is 5.00 Å². The number of carbonyl (C=O) groups excluding carboxylic acids is 3. The van der Waals surface area contributed by atoms with Gasteiger partial charge in [-0.1, -0.05) is 0 Å². The van der Waals surface area contributed by atoms with Gasteiger partial charge >= 0.3 is 11.9 Å². The van der Waals surface area contributed by atoms with E-state index in [1.54, 1.807) is 17.8 Å². The van der Waals surface area contributed by atoms with Crippen molar-refractivity contribution in [2.45, 2.75) is 26.8 Å². The molecule has 0 radical (unpaired) electrons. The second kappa shape index (κ2) is 7.93. The van der Waals surface area contributed by atoms with Gasteiger partial charge in [-0.25, -0.2) is 9.59 Å². The topological polar surface area (TPSA) is 99.5 Å². The Kier molecular flexibility index (Phi) is 5.92. The molecular weight excluding hydrogens is 346 g/mol. The predicted octanol–water partition coefficient (Wildman–Crippen LogP) is 2.16. The Hall–Kier alpha value is -2.68. The van der Waals surface area contributed by atoms with Crippen molar-refractivity contribution in [3.8, 4) is 0 Å². The molecule has 0 fully saturated rings. The third kappa shape index (κ3) is 4.05. The molecule has 1 amide bonds. The van der Waals surface area contributed by atoms with Crippen molar-refractivity contribution < 1.29 is 23.9 Å². The number of methoxy groups -OCH3 is 2. The number of esters is 2. The summed E-state index contributed by atoms with van der Waals surface area (Å²) in [6.07, 6.45) is 1.83. The van der Waals surface area contributed by atoms with E-state index in [9.17, 15) is 14.4 Å². The molecule has 0 atom stereocenters. The minimum absolute atomic E-state index is 0.163. The lowest BCUT2D eigenvalue weighted by molar-refractivity contribution is -0.116. The van der Waals surface area contributed by atoms with Crippen molar-refractivity contribution >= 4 is 34.2 Å². The summed E-state index contributed by atoms with van der Waals surface area (Å²) in [5.74, 6) is -1.49. The van der Waals surface area contributed by atoms with Gasteiger partial charge < -0.3 is 14.8 Å². The van der Waals surface area contributed by atoms with Gasteiger partial charge in [0.1, 0.15) is 9.88 Å². The standard InChI is InChI=1S/C16H19N3O5S/c1-9-5-7-17-19(9)8-6-11(20)18-14-12(15(21)23-3)10(2)13(25-14)16(22)24-4/h5,7H,6,8H2,1-4H3,(H,18,20). The van der Waals surface area contributed by atoms with Gasteiger partial charge in [0.15, 0.2) is 0 Å². The van der Waals surface area contributed by atoms with Gasteiger partial charge in [-0.3, -0.25) is 9.48 Å². The lowest BCUT2D eigenvalue weighted by Gasteiger charge is -2.07. The largest absolute Gasteiger partial charge is 0.465 e. The van der Waals surface area contributed by atoms with Crippen LogP contribution in [0.15, 0.2) is 12.3 Å². The molecule has 0 bridgehead atoms. The molecule has 2 heterocycles. The number of hydrogen-bond donors (Lipinski definition) is 1. The third-order valence-corrected chi connectivity index (χ3v) is 4.83. The Morgan fingerprint density at radius 3 is 2.44 bits per heavy atom.